The lowest BCUT2D eigenvalue weighted by atomic mass is 10.1. The topological polar surface area (TPSA) is 298 Å². The van der Waals surface area contributed by atoms with E-state index in [0.29, 0.717) is 76.7 Å². The fourth-order valence-corrected chi connectivity index (χ4v) is 9.45. The van der Waals surface area contributed by atoms with E-state index >= 15 is 8.78 Å². The van der Waals surface area contributed by atoms with Gasteiger partial charge in [-0.05, 0) is 56.7 Å². The lowest BCUT2D eigenvalue weighted by Gasteiger charge is -2.36. The van der Waals surface area contributed by atoms with Crippen LogP contribution in [0.25, 0.3) is 21.9 Å². The Morgan fingerprint density at radius 1 is 0.583 bits per heavy atom. The van der Waals surface area contributed by atoms with Crippen molar-refractivity contribution in [1.29, 1.82) is 0 Å². The Morgan fingerprint density at radius 3 is 1.50 bits per heavy atom. The first kappa shape index (κ1) is 51.0. The number of aliphatic imine (C=N–C) groups is 4. The molecule has 0 amide bonds. The van der Waals surface area contributed by atoms with Gasteiger partial charge in [0.1, 0.15) is 22.6 Å². The standard InChI is InChI=1S/C49H65F2N15O6/c50-36-25-32-38(65(30-11-12-30)28-34(40(32)67)44(69)70)27-39(36)61-17-21-63(22-18-61)48(54)59-46(52)56-15-9-7-5-3-1-2-4-6-8-10-16-57-47(53)60-49(55)64-23-19-62(20-24-64)43-37(51)26-33-41(68)35(45(71)72)29-66(31-13-14-31)42(33)58-43/h25-31H,1-24H2,(H,69,70)(H,71,72)(H4,52,54,56,59)(H4,53,55,57,60). The number of guanidine groups is 4. The molecule has 4 fully saturated rings. The number of nitrogens with two attached hydrogens (primary N) is 4. The predicted octanol–water partition coefficient (Wildman–Crippen LogP) is 4.16. The number of aromatic nitrogens is 3. The highest BCUT2D eigenvalue weighted by atomic mass is 19.1. The van der Waals surface area contributed by atoms with Crippen molar-refractivity contribution in [2.24, 2.45) is 42.9 Å². The first-order valence-corrected chi connectivity index (χ1v) is 25.1. The Bertz CT molecular complexity index is 2720. The second-order valence-corrected chi connectivity index (χ2v) is 19.0. The summed E-state index contributed by atoms with van der Waals surface area (Å²) in [5.74, 6) is -3.15. The molecular weight excluding hydrogens is 933 g/mol. The van der Waals surface area contributed by atoms with Crippen LogP contribution in [0.4, 0.5) is 20.3 Å². The molecule has 10 N–H and O–H groups in total. The van der Waals surface area contributed by atoms with Crippen molar-refractivity contribution in [2.45, 2.75) is 102 Å². The molecule has 2 saturated carbocycles. The molecule has 0 atom stereocenters. The number of hydrogen-bond donors (Lipinski definition) is 6. The first-order valence-electron chi connectivity index (χ1n) is 25.1. The number of carboxylic acid groups (broad SMARTS) is 2. The molecule has 4 aromatic rings. The van der Waals surface area contributed by atoms with Crippen LogP contribution in [0.2, 0.25) is 0 Å². The number of carboxylic acids is 2. The number of fused-ring (bicyclic) bond motifs is 2. The van der Waals surface area contributed by atoms with Crippen molar-refractivity contribution >= 4 is 69.2 Å². The second-order valence-electron chi connectivity index (χ2n) is 19.0. The number of aromatic carboxylic acids is 2. The molecule has 4 aliphatic rings. The summed E-state index contributed by atoms with van der Waals surface area (Å²) in [5, 5.41) is 19.1. The van der Waals surface area contributed by atoms with Gasteiger partial charge in [0.2, 0.25) is 22.8 Å². The Kier molecular flexibility index (Phi) is 16.2. The molecule has 0 spiro atoms. The van der Waals surface area contributed by atoms with Crippen molar-refractivity contribution in [2.75, 3.05) is 75.2 Å². The fourth-order valence-electron chi connectivity index (χ4n) is 9.45. The number of unbranched alkanes of at least 4 members (excludes halogenated alkanes) is 9. The summed E-state index contributed by atoms with van der Waals surface area (Å²) in [6.07, 6.45) is 16.8. The normalized spacial score (nSPS) is 17.4. The summed E-state index contributed by atoms with van der Waals surface area (Å²) in [6.45, 7) is 4.62. The molecule has 5 heterocycles. The number of halogens is 2. The van der Waals surface area contributed by atoms with E-state index < -0.39 is 40.0 Å². The minimum absolute atomic E-state index is 0.0255. The van der Waals surface area contributed by atoms with Gasteiger partial charge in [-0.2, -0.15) is 9.98 Å². The van der Waals surface area contributed by atoms with E-state index in [1.165, 1.54) is 25.2 Å². The van der Waals surface area contributed by atoms with Crippen LogP contribution in [-0.4, -0.2) is 135 Å². The minimum Gasteiger partial charge on any atom is -0.477 e. The largest absolute Gasteiger partial charge is 0.477 e. The van der Waals surface area contributed by atoms with E-state index in [4.69, 9.17) is 22.9 Å². The van der Waals surface area contributed by atoms with Crippen LogP contribution in [0.5, 0.6) is 0 Å². The Labute approximate surface area is 414 Å². The highest BCUT2D eigenvalue weighted by Gasteiger charge is 2.31. The molecule has 1 aromatic carbocycles. The second kappa shape index (κ2) is 22.8. The number of nitrogens with zero attached hydrogens (tertiary/aromatic N) is 11. The number of anilines is 2. The van der Waals surface area contributed by atoms with Gasteiger partial charge in [-0.25, -0.2) is 23.4 Å². The molecule has 0 unspecified atom stereocenters. The predicted molar refractivity (Wildman–Crippen MR) is 275 cm³/mol. The summed E-state index contributed by atoms with van der Waals surface area (Å²) < 4.78 is 34.2. The zero-order chi connectivity index (χ0) is 51.1. The number of carbonyl (C=O) groups is 2. The lowest BCUT2D eigenvalue weighted by molar-refractivity contribution is 0.0684. The van der Waals surface area contributed by atoms with E-state index in [1.807, 2.05) is 14.7 Å². The number of rotatable bonds is 19. The van der Waals surface area contributed by atoms with Gasteiger partial charge in [0, 0.05) is 95.3 Å². The van der Waals surface area contributed by atoms with Gasteiger partial charge in [-0.15, -0.1) is 0 Å². The SMILES string of the molecule is NC(=NCCCCCCCCCCCCN=C(N)/N=C(\N)N1CCN(c2nc3c(cc2F)c(=O)c(C(=O)O)cn3C2CC2)CC1)/N=C(\N)N1CCN(c2cc3c(cc2F)c(=O)c(C(=O)O)cn3C2CC2)CC1. The molecule has 21 nitrogen and oxygen atoms in total. The van der Waals surface area contributed by atoms with Crippen LogP contribution in [0.15, 0.2) is 60.2 Å². The lowest BCUT2D eigenvalue weighted by Crippen LogP contribution is -2.52. The third-order valence-corrected chi connectivity index (χ3v) is 13.8. The van der Waals surface area contributed by atoms with Crippen LogP contribution in [-0.2, 0) is 0 Å². The Balaban J connectivity index is 0.665. The van der Waals surface area contributed by atoms with Crippen LogP contribution in [0.1, 0.15) is 123 Å². The van der Waals surface area contributed by atoms with Crippen LogP contribution >= 0.6 is 0 Å². The van der Waals surface area contributed by atoms with Crippen molar-refractivity contribution in [3.05, 3.63) is 73.8 Å². The maximum absolute atomic E-state index is 15.4. The average Bonchev–Trinajstić information content (AvgIpc) is 4.31. The molecular formula is C49H65F2N15O6. The highest BCUT2D eigenvalue weighted by molar-refractivity contribution is 5.96. The number of benzene rings is 1. The molecule has 0 bridgehead atoms. The molecule has 3 aromatic heterocycles. The molecule has 2 aliphatic heterocycles. The molecule has 8 rings (SSSR count). The van der Waals surface area contributed by atoms with E-state index in [9.17, 15) is 29.4 Å². The van der Waals surface area contributed by atoms with Gasteiger partial charge in [0.05, 0.1) is 16.6 Å². The van der Waals surface area contributed by atoms with Crippen molar-refractivity contribution in [1.82, 2.24) is 23.9 Å². The minimum atomic E-state index is -1.35. The van der Waals surface area contributed by atoms with Gasteiger partial charge >= 0.3 is 11.9 Å². The van der Waals surface area contributed by atoms with E-state index in [0.717, 1.165) is 89.2 Å². The van der Waals surface area contributed by atoms with E-state index in [2.05, 4.69) is 25.0 Å². The highest BCUT2D eigenvalue weighted by Crippen LogP contribution is 2.39. The van der Waals surface area contributed by atoms with Crippen molar-refractivity contribution in [3.63, 3.8) is 0 Å². The Morgan fingerprint density at radius 2 is 1.01 bits per heavy atom. The quantitative estimate of drug-likeness (QED) is 0.0437. The van der Waals surface area contributed by atoms with E-state index in [-0.39, 0.29) is 63.7 Å². The molecule has 2 saturated heterocycles. The summed E-state index contributed by atoms with van der Waals surface area (Å²) in [5.41, 5.74) is 23.7. The van der Waals surface area contributed by atoms with E-state index in [1.54, 1.807) is 20.1 Å². The summed E-state index contributed by atoms with van der Waals surface area (Å²) in [4.78, 5) is 78.4. The molecule has 386 valence electrons. The number of pyridine rings is 3. The zero-order valence-corrected chi connectivity index (χ0v) is 40.5. The monoisotopic (exact) mass is 998 g/mol. The van der Waals surface area contributed by atoms with Gasteiger partial charge in [0.15, 0.2) is 23.6 Å². The van der Waals surface area contributed by atoms with Gasteiger partial charge in [-0.1, -0.05) is 51.4 Å². The third kappa shape index (κ3) is 12.2. The number of hydrogen-bond acceptors (Lipinski definition) is 9. The van der Waals surface area contributed by atoms with Gasteiger partial charge in [-0.3, -0.25) is 19.6 Å². The maximum Gasteiger partial charge on any atom is 0.341 e. The third-order valence-electron chi connectivity index (χ3n) is 13.8. The van der Waals surface area contributed by atoms with Crippen LogP contribution in [0.3, 0.4) is 0 Å². The molecule has 2 aliphatic carbocycles. The molecule has 0 radical (unpaired) electrons. The van der Waals surface area contributed by atoms with Crippen molar-refractivity contribution in [3.8, 4) is 0 Å². The Hall–Kier alpha value is -7.33. The molecule has 72 heavy (non-hydrogen) atoms. The average molecular weight is 998 g/mol. The summed E-state index contributed by atoms with van der Waals surface area (Å²) in [6, 6.07) is 4.01. The first-order chi connectivity index (χ1) is 34.7. The smallest absolute Gasteiger partial charge is 0.341 e. The maximum atomic E-state index is 15.4. The summed E-state index contributed by atoms with van der Waals surface area (Å²) >= 11 is 0. The fraction of sp³-hybridized carbons (Fsp3) is 0.531. The van der Waals surface area contributed by atoms with Crippen LogP contribution in [0, 0.1) is 11.6 Å². The van der Waals surface area contributed by atoms with Crippen molar-refractivity contribution < 1.29 is 28.6 Å². The molecule has 23 heteroatoms. The van der Waals surface area contributed by atoms with Crippen LogP contribution < -0.4 is 43.6 Å². The van der Waals surface area contributed by atoms with Gasteiger partial charge < -0.3 is 61.9 Å². The van der Waals surface area contributed by atoms with Gasteiger partial charge in [0.25, 0.3) is 0 Å². The zero-order valence-electron chi connectivity index (χ0n) is 40.5. The summed E-state index contributed by atoms with van der Waals surface area (Å²) in [7, 11) is 0. The number of piperazine rings is 2.